The van der Waals surface area contributed by atoms with Crippen LogP contribution in [0.1, 0.15) is 23.7 Å². The van der Waals surface area contributed by atoms with Gasteiger partial charge in [-0.15, -0.1) is 0 Å². The Labute approximate surface area is 71.5 Å². The maximum atomic E-state index is 5.51. The fourth-order valence-electron chi connectivity index (χ4n) is 1.72. The van der Waals surface area contributed by atoms with E-state index in [0.29, 0.717) is 6.04 Å². The van der Waals surface area contributed by atoms with Gasteiger partial charge in [-0.05, 0) is 31.5 Å². The summed E-state index contributed by atoms with van der Waals surface area (Å²) in [4.78, 5) is 0. The van der Waals surface area contributed by atoms with Crippen molar-refractivity contribution in [3.05, 3.63) is 17.5 Å². The minimum Gasteiger partial charge on any atom is -0.330 e. The van der Waals surface area contributed by atoms with Crippen molar-refractivity contribution in [3.63, 3.8) is 0 Å². The zero-order chi connectivity index (χ0) is 8.39. The summed E-state index contributed by atoms with van der Waals surface area (Å²) < 4.78 is 0. The van der Waals surface area contributed by atoms with Crippen molar-refractivity contribution >= 4 is 0 Å². The van der Waals surface area contributed by atoms with Gasteiger partial charge in [0, 0.05) is 0 Å². The van der Waals surface area contributed by atoms with Gasteiger partial charge in [0.2, 0.25) is 0 Å². The zero-order valence-electron chi connectivity index (χ0n) is 7.01. The molecule has 0 spiro atoms. The van der Waals surface area contributed by atoms with Crippen molar-refractivity contribution in [3.8, 4) is 0 Å². The molecule has 2 heterocycles. The monoisotopic (exact) mass is 166 g/mol. The third kappa shape index (κ3) is 1.23. The van der Waals surface area contributed by atoms with Gasteiger partial charge in [-0.25, -0.2) is 0 Å². The van der Waals surface area contributed by atoms with Gasteiger partial charge in [-0.2, -0.15) is 5.10 Å². The third-order valence-electron chi connectivity index (χ3n) is 2.34. The summed E-state index contributed by atoms with van der Waals surface area (Å²) in [6.45, 7) is 1.76. The summed E-state index contributed by atoms with van der Waals surface area (Å²) in [6, 6.07) is 0.390. The molecule has 1 aliphatic rings. The molecule has 0 amide bonds. The number of rotatable bonds is 2. The van der Waals surface area contributed by atoms with E-state index in [0.717, 1.165) is 25.9 Å². The number of H-pyrrole nitrogens is 1. The lowest BCUT2D eigenvalue weighted by Gasteiger charge is -2.22. The molecule has 1 unspecified atom stereocenters. The number of hydrogen-bond acceptors (Lipinski definition) is 3. The highest BCUT2D eigenvalue weighted by Gasteiger charge is 2.19. The molecular formula is C8H14N4. The second kappa shape index (κ2) is 3.25. The Bertz CT molecular complexity index is 255. The average molecular weight is 166 g/mol. The van der Waals surface area contributed by atoms with E-state index < -0.39 is 0 Å². The van der Waals surface area contributed by atoms with Crippen LogP contribution < -0.4 is 11.1 Å². The van der Waals surface area contributed by atoms with Crippen LogP contribution in [-0.2, 0) is 6.42 Å². The van der Waals surface area contributed by atoms with E-state index in [2.05, 4.69) is 15.5 Å². The smallest absolute Gasteiger partial charge is 0.0554 e. The van der Waals surface area contributed by atoms with Gasteiger partial charge in [0.25, 0.3) is 0 Å². The van der Waals surface area contributed by atoms with Gasteiger partial charge in [0.15, 0.2) is 0 Å². The summed E-state index contributed by atoms with van der Waals surface area (Å²) in [5, 5.41) is 10.5. The van der Waals surface area contributed by atoms with Crippen LogP contribution in [0.3, 0.4) is 0 Å². The highest BCUT2D eigenvalue weighted by atomic mass is 15.1. The first kappa shape index (κ1) is 7.76. The van der Waals surface area contributed by atoms with Crippen LogP contribution in [-0.4, -0.2) is 23.3 Å². The first-order chi connectivity index (χ1) is 5.92. The van der Waals surface area contributed by atoms with Crippen molar-refractivity contribution in [1.29, 1.82) is 0 Å². The van der Waals surface area contributed by atoms with Crippen LogP contribution in [0.5, 0.6) is 0 Å². The second-order valence-corrected chi connectivity index (χ2v) is 3.14. The van der Waals surface area contributed by atoms with E-state index in [9.17, 15) is 0 Å². The highest BCUT2D eigenvalue weighted by Crippen LogP contribution is 2.21. The Morgan fingerprint density at radius 2 is 2.58 bits per heavy atom. The number of nitrogens with one attached hydrogen (secondary N) is 2. The minimum absolute atomic E-state index is 0.390. The van der Waals surface area contributed by atoms with Gasteiger partial charge >= 0.3 is 0 Å². The quantitative estimate of drug-likeness (QED) is 0.577. The van der Waals surface area contributed by atoms with Crippen molar-refractivity contribution in [1.82, 2.24) is 15.5 Å². The average Bonchev–Trinajstić information content (AvgIpc) is 2.53. The molecule has 1 atom stereocenters. The molecule has 66 valence electrons. The molecule has 0 saturated heterocycles. The van der Waals surface area contributed by atoms with E-state index in [1.165, 1.54) is 11.3 Å². The molecule has 12 heavy (non-hydrogen) atoms. The molecule has 1 aromatic rings. The zero-order valence-corrected chi connectivity index (χ0v) is 7.01. The highest BCUT2D eigenvalue weighted by molar-refractivity contribution is 5.22. The second-order valence-electron chi connectivity index (χ2n) is 3.14. The van der Waals surface area contributed by atoms with Gasteiger partial charge in [0.05, 0.1) is 17.9 Å². The Morgan fingerprint density at radius 3 is 3.42 bits per heavy atom. The fourth-order valence-corrected chi connectivity index (χ4v) is 1.72. The Morgan fingerprint density at radius 1 is 1.67 bits per heavy atom. The number of hydrogen-bond donors (Lipinski definition) is 3. The Kier molecular flexibility index (Phi) is 2.10. The van der Waals surface area contributed by atoms with E-state index in [1.807, 2.05) is 6.20 Å². The van der Waals surface area contributed by atoms with E-state index in [-0.39, 0.29) is 0 Å². The molecule has 0 bridgehead atoms. The molecule has 1 aromatic heterocycles. The predicted molar refractivity (Wildman–Crippen MR) is 46.7 cm³/mol. The maximum absolute atomic E-state index is 5.51. The lowest BCUT2D eigenvalue weighted by molar-refractivity contribution is 0.471. The van der Waals surface area contributed by atoms with Crippen LogP contribution in [0.2, 0.25) is 0 Å². The first-order valence-corrected chi connectivity index (χ1v) is 4.37. The number of nitrogens with two attached hydrogens (primary N) is 1. The van der Waals surface area contributed by atoms with Crippen molar-refractivity contribution in [2.75, 3.05) is 13.1 Å². The third-order valence-corrected chi connectivity index (χ3v) is 2.34. The van der Waals surface area contributed by atoms with Crippen LogP contribution in [0.4, 0.5) is 0 Å². The van der Waals surface area contributed by atoms with E-state index >= 15 is 0 Å². The largest absolute Gasteiger partial charge is 0.330 e. The maximum Gasteiger partial charge on any atom is 0.0554 e. The van der Waals surface area contributed by atoms with Gasteiger partial charge in [-0.1, -0.05) is 0 Å². The molecule has 4 heteroatoms. The summed E-state index contributed by atoms with van der Waals surface area (Å²) in [5.41, 5.74) is 8.08. The standard InChI is InChI=1S/C8H14N4/c9-3-1-7-8-6(2-4-10-7)5-11-12-8/h5,7,10H,1-4,9H2,(H,11,12). The van der Waals surface area contributed by atoms with Gasteiger partial charge < -0.3 is 11.1 Å². The van der Waals surface area contributed by atoms with Crippen LogP contribution in [0, 0.1) is 0 Å². The number of nitrogens with zero attached hydrogens (tertiary/aromatic N) is 1. The molecule has 4 nitrogen and oxygen atoms in total. The van der Waals surface area contributed by atoms with E-state index in [4.69, 9.17) is 5.73 Å². The van der Waals surface area contributed by atoms with Crippen LogP contribution >= 0.6 is 0 Å². The Balaban J connectivity index is 2.19. The van der Waals surface area contributed by atoms with Crippen LogP contribution in [0.25, 0.3) is 0 Å². The minimum atomic E-state index is 0.390. The first-order valence-electron chi connectivity index (χ1n) is 4.37. The fraction of sp³-hybridized carbons (Fsp3) is 0.625. The van der Waals surface area contributed by atoms with Crippen LogP contribution in [0.15, 0.2) is 6.20 Å². The van der Waals surface area contributed by atoms with Crippen molar-refractivity contribution in [2.24, 2.45) is 5.73 Å². The molecular weight excluding hydrogens is 152 g/mol. The molecule has 0 radical (unpaired) electrons. The summed E-state index contributed by atoms with van der Waals surface area (Å²) in [5.74, 6) is 0. The summed E-state index contributed by atoms with van der Waals surface area (Å²) >= 11 is 0. The SMILES string of the molecule is NCCC1NCCc2cn[nH]c21. The number of aromatic nitrogens is 2. The van der Waals surface area contributed by atoms with Gasteiger partial charge in [0.1, 0.15) is 0 Å². The molecule has 2 rings (SSSR count). The molecule has 0 aromatic carbocycles. The molecule has 4 N–H and O–H groups in total. The molecule has 0 saturated carbocycles. The number of aromatic amines is 1. The molecule has 1 aliphatic heterocycles. The number of fused-ring (bicyclic) bond motifs is 1. The van der Waals surface area contributed by atoms with Crippen molar-refractivity contribution in [2.45, 2.75) is 18.9 Å². The summed E-state index contributed by atoms with van der Waals surface area (Å²) in [6.07, 6.45) is 3.97. The molecule has 0 aliphatic carbocycles. The topological polar surface area (TPSA) is 66.7 Å². The van der Waals surface area contributed by atoms with Crippen molar-refractivity contribution < 1.29 is 0 Å². The normalized spacial score (nSPS) is 22.2. The molecule has 0 fully saturated rings. The lowest BCUT2D eigenvalue weighted by Crippen LogP contribution is -2.31. The summed E-state index contributed by atoms with van der Waals surface area (Å²) in [7, 11) is 0. The van der Waals surface area contributed by atoms with E-state index in [1.54, 1.807) is 0 Å². The lowest BCUT2D eigenvalue weighted by atomic mass is 10.0. The predicted octanol–water partition coefficient (Wildman–Crippen LogP) is -0.0547. The van der Waals surface area contributed by atoms with Gasteiger partial charge in [-0.3, -0.25) is 5.10 Å². The Hall–Kier alpha value is -0.870.